The van der Waals surface area contributed by atoms with Gasteiger partial charge in [-0.15, -0.1) is 0 Å². The molecule has 0 amide bonds. The minimum atomic E-state index is -0.343. The number of nitrogen functional groups attached to an aromatic ring is 1. The Hall–Kier alpha value is -3.26. The second kappa shape index (κ2) is 9.48. The molecule has 164 valence electrons. The largest absolute Gasteiger partial charge is 0.485 e. The summed E-state index contributed by atoms with van der Waals surface area (Å²) in [6.45, 7) is 2.21. The maximum atomic E-state index is 14.1. The molecule has 0 spiro atoms. The fourth-order valence-electron chi connectivity index (χ4n) is 3.54. The van der Waals surface area contributed by atoms with Gasteiger partial charge >= 0.3 is 0 Å². The summed E-state index contributed by atoms with van der Waals surface area (Å²) in [6, 6.07) is 12.4. The second-order valence-electron chi connectivity index (χ2n) is 7.42. The first-order valence-corrected chi connectivity index (χ1v) is 11.0. The number of anilines is 1. The van der Waals surface area contributed by atoms with Crippen LogP contribution in [0.3, 0.4) is 0 Å². The van der Waals surface area contributed by atoms with Gasteiger partial charge in [-0.3, -0.25) is 9.67 Å². The van der Waals surface area contributed by atoms with E-state index in [4.69, 9.17) is 10.5 Å². The normalized spacial score (nSPS) is 11.0. The highest BCUT2D eigenvalue weighted by Gasteiger charge is 2.15. The molecule has 0 aliphatic heterocycles. The van der Waals surface area contributed by atoms with Crippen LogP contribution in [0.2, 0.25) is 0 Å². The van der Waals surface area contributed by atoms with Crippen molar-refractivity contribution in [3.05, 3.63) is 87.7 Å². The van der Waals surface area contributed by atoms with Crippen LogP contribution in [0.1, 0.15) is 29.4 Å². The minimum absolute atomic E-state index is 0.122. The first-order chi connectivity index (χ1) is 15.4. The summed E-state index contributed by atoms with van der Waals surface area (Å²) in [5, 5.41) is 4.54. The lowest BCUT2D eigenvalue weighted by molar-refractivity contribution is 0.306. The van der Waals surface area contributed by atoms with E-state index in [0.717, 1.165) is 39.1 Å². The Morgan fingerprint density at radius 1 is 1.12 bits per heavy atom. The Kier molecular flexibility index (Phi) is 6.50. The van der Waals surface area contributed by atoms with Crippen molar-refractivity contribution in [2.24, 2.45) is 7.05 Å². The molecule has 0 aliphatic rings. The predicted octanol–water partition coefficient (Wildman–Crippen LogP) is 5.09. The van der Waals surface area contributed by atoms with Crippen molar-refractivity contribution in [2.75, 3.05) is 5.73 Å². The summed E-state index contributed by atoms with van der Waals surface area (Å²) >= 11 is 3.36. The number of benzene rings is 1. The zero-order valence-corrected chi connectivity index (χ0v) is 19.4. The average Bonchev–Trinajstić information content (AvgIpc) is 3.14. The van der Waals surface area contributed by atoms with Gasteiger partial charge in [0, 0.05) is 47.2 Å². The Morgan fingerprint density at radius 2 is 1.97 bits per heavy atom. The molecule has 6 nitrogen and oxygen atoms in total. The molecule has 3 aromatic heterocycles. The molecule has 32 heavy (non-hydrogen) atoms. The van der Waals surface area contributed by atoms with Crippen LogP contribution in [0.15, 0.2) is 59.3 Å². The number of hydrogen-bond donors (Lipinski definition) is 1. The topological polar surface area (TPSA) is 78.9 Å². The molecule has 0 saturated heterocycles. The fraction of sp³-hybridized carbons (Fsp3) is 0.208. The number of halogens is 2. The predicted molar refractivity (Wildman–Crippen MR) is 126 cm³/mol. The molecular weight excluding hydrogens is 473 g/mol. The number of hydrogen-bond acceptors (Lipinski definition) is 5. The molecule has 0 atom stereocenters. The third-order valence-corrected chi connectivity index (χ3v) is 5.64. The molecule has 2 N–H and O–H groups in total. The lowest BCUT2D eigenvalue weighted by Gasteiger charge is -2.15. The summed E-state index contributed by atoms with van der Waals surface area (Å²) in [7, 11) is 1.94. The second-order valence-corrected chi connectivity index (χ2v) is 8.33. The smallest absolute Gasteiger partial charge is 0.166 e. The van der Waals surface area contributed by atoms with E-state index in [2.05, 4.69) is 44.0 Å². The van der Waals surface area contributed by atoms with Gasteiger partial charge in [0.05, 0.1) is 11.4 Å². The zero-order valence-electron chi connectivity index (χ0n) is 17.8. The van der Waals surface area contributed by atoms with Crippen molar-refractivity contribution >= 4 is 21.7 Å². The van der Waals surface area contributed by atoms with E-state index in [9.17, 15) is 4.39 Å². The maximum absolute atomic E-state index is 14.1. The molecule has 1 aromatic carbocycles. The molecule has 0 unspecified atom stereocenters. The van der Waals surface area contributed by atoms with Crippen LogP contribution in [0, 0.1) is 5.82 Å². The molecule has 8 heteroatoms. The SMILES string of the molecule is CCc1cc(Cc2cccnc2-c2ccc(F)cc2COc2cc(Br)cnc2N)n(C)n1. The van der Waals surface area contributed by atoms with Crippen molar-refractivity contribution in [1.29, 1.82) is 0 Å². The summed E-state index contributed by atoms with van der Waals surface area (Å²) in [4.78, 5) is 8.71. The van der Waals surface area contributed by atoms with Gasteiger partial charge in [0.1, 0.15) is 12.4 Å². The van der Waals surface area contributed by atoms with E-state index in [1.54, 1.807) is 24.5 Å². The van der Waals surface area contributed by atoms with Crippen LogP contribution in [-0.2, 0) is 26.5 Å². The molecule has 4 aromatic rings. The highest BCUT2D eigenvalue weighted by molar-refractivity contribution is 9.10. The van der Waals surface area contributed by atoms with Crippen LogP contribution in [0.25, 0.3) is 11.3 Å². The maximum Gasteiger partial charge on any atom is 0.166 e. The molecule has 0 aliphatic carbocycles. The van der Waals surface area contributed by atoms with Gasteiger partial charge in [-0.05, 0) is 64.3 Å². The molecular formula is C24H23BrFN5O. The molecule has 0 radical (unpaired) electrons. The summed E-state index contributed by atoms with van der Waals surface area (Å²) < 4.78 is 22.7. The Balaban J connectivity index is 1.68. The monoisotopic (exact) mass is 495 g/mol. The van der Waals surface area contributed by atoms with Crippen molar-refractivity contribution < 1.29 is 9.13 Å². The highest BCUT2D eigenvalue weighted by Crippen LogP contribution is 2.30. The number of rotatable bonds is 7. The minimum Gasteiger partial charge on any atom is -0.485 e. The first kappa shape index (κ1) is 22.0. The first-order valence-electron chi connectivity index (χ1n) is 10.2. The van der Waals surface area contributed by atoms with Crippen LogP contribution in [0.4, 0.5) is 10.2 Å². The van der Waals surface area contributed by atoms with Crippen molar-refractivity contribution in [3.8, 4) is 17.0 Å². The van der Waals surface area contributed by atoms with Gasteiger partial charge in [0.15, 0.2) is 11.6 Å². The van der Waals surface area contributed by atoms with Crippen LogP contribution in [0.5, 0.6) is 5.75 Å². The number of nitrogens with zero attached hydrogens (tertiary/aromatic N) is 4. The standard InChI is InChI=1S/C24H23BrFN5O/c1-3-19-12-20(31(2)30-19)10-15-5-4-8-28-23(15)21-7-6-18(26)9-16(21)14-32-22-11-17(25)13-29-24(22)27/h4-9,11-13H,3,10,14H2,1-2H3,(H2,27,29). The van der Waals surface area contributed by atoms with E-state index in [1.165, 1.54) is 12.1 Å². The van der Waals surface area contributed by atoms with Crippen molar-refractivity contribution in [2.45, 2.75) is 26.4 Å². The molecule has 4 rings (SSSR count). The van der Waals surface area contributed by atoms with Crippen LogP contribution < -0.4 is 10.5 Å². The van der Waals surface area contributed by atoms with Gasteiger partial charge in [-0.25, -0.2) is 9.37 Å². The van der Waals surface area contributed by atoms with E-state index in [1.807, 2.05) is 23.9 Å². The third kappa shape index (κ3) is 4.80. The lowest BCUT2D eigenvalue weighted by atomic mass is 9.98. The number of ether oxygens (including phenoxy) is 1. The number of aryl methyl sites for hydroxylation is 2. The van der Waals surface area contributed by atoms with Gasteiger partial charge < -0.3 is 10.5 Å². The summed E-state index contributed by atoms with van der Waals surface area (Å²) in [5.74, 6) is 0.356. The third-order valence-electron chi connectivity index (χ3n) is 5.21. The van der Waals surface area contributed by atoms with Gasteiger partial charge in [0.2, 0.25) is 0 Å². The van der Waals surface area contributed by atoms with Gasteiger partial charge in [-0.1, -0.05) is 13.0 Å². The highest BCUT2D eigenvalue weighted by atomic mass is 79.9. The fourth-order valence-corrected chi connectivity index (χ4v) is 3.85. The number of pyridine rings is 2. The number of nitrogens with two attached hydrogens (primary N) is 1. The quantitative estimate of drug-likeness (QED) is 0.386. The molecule has 0 fully saturated rings. The zero-order chi connectivity index (χ0) is 22.7. The summed E-state index contributed by atoms with van der Waals surface area (Å²) in [5.41, 5.74) is 11.3. The van der Waals surface area contributed by atoms with E-state index in [-0.39, 0.29) is 18.2 Å². The Morgan fingerprint density at radius 3 is 2.75 bits per heavy atom. The molecule has 0 bridgehead atoms. The summed E-state index contributed by atoms with van der Waals surface area (Å²) in [6.07, 6.45) is 4.87. The van der Waals surface area contributed by atoms with Crippen molar-refractivity contribution in [1.82, 2.24) is 19.7 Å². The average molecular weight is 496 g/mol. The van der Waals surface area contributed by atoms with E-state index >= 15 is 0 Å². The van der Waals surface area contributed by atoms with E-state index < -0.39 is 0 Å². The van der Waals surface area contributed by atoms with Crippen LogP contribution >= 0.6 is 15.9 Å². The van der Waals surface area contributed by atoms with E-state index in [0.29, 0.717) is 17.7 Å². The lowest BCUT2D eigenvalue weighted by Crippen LogP contribution is -2.05. The Bertz CT molecular complexity index is 1260. The van der Waals surface area contributed by atoms with Crippen LogP contribution in [-0.4, -0.2) is 19.7 Å². The van der Waals surface area contributed by atoms with Gasteiger partial charge in [-0.2, -0.15) is 5.10 Å². The van der Waals surface area contributed by atoms with Crippen molar-refractivity contribution in [3.63, 3.8) is 0 Å². The molecule has 3 heterocycles. The van der Waals surface area contributed by atoms with Gasteiger partial charge in [0.25, 0.3) is 0 Å². The molecule has 0 saturated carbocycles. The number of aromatic nitrogens is 4. The Labute approximate surface area is 194 Å².